The molecule has 0 spiro atoms. The molecule has 4 heterocycles. The lowest BCUT2D eigenvalue weighted by atomic mass is 9.91. The fourth-order valence-corrected chi connectivity index (χ4v) is 4.55. The third-order valence-electron chi connectivity index (χ3n) is 6.34. The van der Waals surface area contributed by atoms with Gasteiger partial charge in [-0.3, -0.25) is 4.79 Å². The summed E-state index contributed by atoms with van der Waals surface area (Å²) in [4.78, 5) is 28.7. The van der Waals surface area contributed by atoms with Crippen LogP contribution in [0.4, 0.5) is 23.3 Å². The van der Waals surface area contributed by atoms with Crippen LogP contribution in [0.25, 0.3) is 0 Å². The van der Waals surface area contributed by atoms with Gasteiger partial charge in [0, 0.05) is 38.1 Å². The number of rotatable bonds is 5. The number of hydrogen-bond donors (Lipinski definition) is 4. The lowest BCUT2D eigenvalue weighted by Crippen LogP contribution is -2.43. The number of carbonyl (C=O) groups excluding carboxylic acids is 1. The van der Waals surface area contributed by atoms with Gasteiger partial charge in [-0.15, -0.1) is 0 Å². The number of ether oxygens (including phenoxy) is 1. The number of morpholine rings is 1. The number of hydrogen-bond acceptors (Lipinski definition) is 9. The molecule has 1 saturated heterocycles. The molecule has 5 rings (SSSR count). The van der Waals surface area contributed by atoms with Crippen LogP contribution in [-0.2, 0) is 11.2 Å². The van der Waals surface area contributed by atoms with Gasteiger partial charge in [0.25, 0.3) is 5.91 Å². The van der Waals surface area contributed by atoms with E-state index in [1.165, 1.54) is 0 Å². The maximum atomic E-state index is 12.6. The van der Waals surface area contributed by atoms with E-state index in [1.807, 2.05) is 12.1 Å². The van der Waals surface area contributed by atoms with Gasteiger partial charge in [-0.25, -0.2) is 9.97 Å². The van der Waals surface area contributed by atoms with Crippen LogP contribution in [0.2, 0.25) is 0 Å². The molecule has 1 saturated carbocycles. The number of nitrogens with zero attached hydrogens (tertiary/aromatic N) is 4. The van der Waals surface area contributed by atoms with E-state index in [-0.39, 0.29) is 18.0 Å². The van der Waals surface area contributed by atoms with Crippen LogP contribution in [-0.4, -0.2) is 65.8 Å². The third kappa shape index (κ3) is 4.46. The highest BCUT2D eigenvalue weighted by molar-refractivity contribution is 6.01. The highest BCUT2D eigenvalue weighted by Gasteiger charge is 2.27. The van der Waals surface area contributed by atoms with Gasteiger partial charge >= 0.3 is 0 Å². The first kappa shape index (κ1) is 20.9. The molecule has 2 aromatic rings. The minimum Gasteiger partial charge on any atom is -0.378 e. The number of carbonyl (C=O) groups is 1. The van der Waals surface area contributed by atoms with Gasteiger partial charge in [0.15, 0.2) is 0 Å². The summed E-state index contributed by atoms with van der Waals surface area (Å²) < 4.78 is 5.41. The fraction of sp³-hybridized carbons (Fsp3) is 0.545. The Labute approximate surface area is 187 Å². The number of fused-ring (bicyclic) bond motifs is 1. The molecule has 0 aromatic carbocycles. The number of amides is 1. The number of nitrogens with two attached hydrogens (primary N) is 1. The van der Waals surface area contributed by atoms with Crippen LogP contribution in [0.1, 0.15) is 41.7 Å². The summed E-state index contributed by atoms with van der Waals surface area (Å²) in [6.07, 6.45) is 6.73. The first-order valence-corrected chi connectivity index (χ1v) is 11.4. The smallest absolute Gasteiger partial charge is 0.256 e. The zero-order chi connectivity index (χ0) is 21.9. The van der Waals surface area contributed by atoms with Gasteiger partial charge in [-0.05, 0) is 25.0 Å². The Hall–Kier alpha value is -2.98. The highest BCUT2D eigenvalue weighted by Crippen LogP contribution is 2.27. The molecule has 3 aliphatic rings. The zero-order valence-electron chi connectivity index (χ0n) is 18.1. The van der Waals surface area contributed by atoms with Crippen LogP contribution in [0.5, 0.6) is 0 Å². The molecular weight excluding hydrogens is 408 g/mol. The summed E-state index contributed by atoms with van der Waals surface area (Å²) in [7, 11) is 0. The monoisotopic (exact) mass is 438 g/mol. The molecule has 10 heteroatoms. The molecule has 170 valence electrons. The molecule has 1 amide bonds. The van der Waals surface area contributed by atoms with E-state index in [2.05, 4.69) is 35.8 Å². The largest absolute Gasteiger partial charge is 0.378 e. The van der Waals surface area contributed by atoms with Crippen molar-refractivity contribution in [2.75, 3.05) is 48.4 Å². The van der Waals surface area contributed by atoms with Crippen molar-refractivity contribution in [3.8, 4) is 0 Å². The highest BCUT2D eigenvalue weighted by atomic mass is 16.5. The molecule has 2 atom stereocenters. The second kappa shape index (κ2) is 9.25. The van der Waals surface area contributed by atoms with Gasteiger partial charge < -0.3 is 31.3 Å². The molecule has 32 heavy (non-hydrogen) atoms. The summed E-state index contributed by atoms with van der Waals surface area (Å²) in [6.45, 7) is 3.66. The SMILES string of the molecule is NC1CCCCC1Nc1nc2c(c(Nc3ccc(N4CCOCC4)nc3)n1)C(=O)NCC2. The van der Waals surface area contributed by atoms with Crippen molar-refractivity contribution in [2.24, 2.45) is 5.73 Å². The normalized spacial score (nSPS) is 23.3. The summed E-state index contributed by atoms with van der Waals surface area (Å²) >= 11 is 0. The first-order chi connectivity index (χ1) is 15.7. The summed E-state index contributed by atoms with van der Waals surface area (Å²) in [6, 6.07) is 4.15. The Bertz CT molecular complexity index is 961. The van der Waals surface area contributed by atoms with E-state index in [1.54, 1.807) is 6.20 Å². The van der Waals surface area contributed by atoms with Crippen LogP contribution in [0, 0.1) is 0 Å². The summed E-state index contributed by atoms with van der Waals surface area (Å²) in [5, 5.41) is 9.60. The molecule has 2 aliphatic heterocycles. The molecule has 2 unspecified atom stereocenters. The number of aromatic nitrogens is 3. The second-order valence-corrected chi connectivity index (χ2v) is 8.55. The minimum atomic E-state index is -0.160. The van der Waals surface area contributed by atoms with Crippen molar-refractivity contribution >= 4 is 29.2 Å². The molecule has 2 aromatic heterocycles. The molecule has 1 aliphatic carbocycles. The number of nitrogens with one attached hydrogen (secondary N) is 3. The van der Waals surface area contributed by atoms with Crippen molar-refractivity contribution in [1.82, 2.24) is 20.3 Å². The van der Waals surface area contributed by atoms with Crippen molar-refractivity contribution in [2.45, 2.75) is 44.2 Å². The van der Waals surface area contributed by atoms with Gasteiger partial charge in [0.2, 0.25) is 5.95 Å². The van der Waals surface area contributed by atoms with Crippen molar-refractivity contribution < 1.29 is 9.53 Å². The van der Waals surface area contributed by atoms with E-state index in [0.717, 1.165) is 56.0 Å². The van der Waals surface area contributed by atoms with Crippen LogP contribution in [0.3, 0.4) is 0 Å². The first-order valence-electron chi connectivity index (χ1n) is 11.4. The average Bonchev–Trinajstić information content (AvgIpc) is 2.82. The zero-order valence-corrected chi connectivity index (χ0v) is 18.1. The predicted octanol–water partition coefficient (Wildman–Crippen LogP) is 1.42. The number of anilines is 4. The summed E-state index contributed by atoms with van der Waals surface area (Å²) in [5.74, 6) is 1.75. The quantitative estimate of drug-likeness (QED) is 0.547. The van der Waals surface area contributed by atoms with Crippen LogP contribution >= 0.6 is 0 Å². The standard InChI is InChI=1S/C22H30N8O2/c23-15-3-1-2-4-16(15)27-22-28-17-7-8-24-21(31)19(17)20(29-22)26-14-5-6-18(25-13-14)30-9-11-32-12-10-30/h5-6,13,15-16H,1-4,7-12,23H2,(H,24,31)(H2,26,27,28,29). The molecule has 5 N–H and O–H groups in total. The molecule has 2 fully saturated rings. The van der Waals surface area contributed by atoms with Gasteiger partial charge in [-0.2, -0.15) is 4.98 Å². The van der Waals surface area contributed by atoms with Gasteiger partial charge in [0.1, 0.15) is 17.2 Å². The molecule has 0 radical (unpaired) electrons. The Balaban J connectivity index is 1.39. The average molecular weight is 439 g/mol. The Morgan fingerprint density at radius 3 is 2.78 bits per heavy atom. The number of pyridine rings is 1. The molecule has 0 bridgehead atoms. The van der Waals surface area contributed by atoms with Crippen molar-refractivity contribution in [3.05, 3.63) is 29.6 Å². The van der Waals surface area contributed by atoms with Crippen LogP contribution in [0.15, 0.2) is 18.3 Å². The molecular formula is C22H30N8O2. The van der Waals surface area contributed by atoms with E-state index in [9.17, 15) is 4.79 Å². The maximum absolute atomic E-state index is 12.6. The lowest BCUT2D eigenvalue weighted by Gasteiger charge is -2.30. The van der Waals surface area contributed by atoms with E-state index < -0.39 is 0 Å². The maximum Gasteiger partial charge on any atom is 0.256 e. The minimum absolute atomic E-state index is 0.0834. The van der Waals surface area contributed by atoms with E-state index >= 15 is 0 Å². The van der Waals surface area contributed by atoms with Crippen molar-refractivity contribution in [1.29, 1.82) is 0 Å². The lowest BCUT2D eigenvalue weighted by molar-refractivity contribution is 0.0945. The topological polar surface area (TPSA) is 130 Å². The van der Waals surface area contributed by atoms with Crippen molar-refractivity contribution in [3.63, 3.8) is 0 Å². The Morgan fingerprint density at radius 1 is 1.16 bits per heavy atom. The third-order valence-corrected chi connectivity index (χ3v) is 6.34. The van der Waals surface area contributed by atoms with Crippen LogP contribution < -0.4 is 26.6 Å². The Kier molecular flexibility index (Phi) is 6.04. The summed E-state index contributed by atoms with van der Waals surface area (Å²) in [5.41, 5.74) is 8.31. The van der Waals surface area contributed by atoms with E-state index in [0.29, 0.717) is 43.5 Å². The fourth-order valence-electron chi connectivity index (χ4n) is 4.55. The second-order valence-electron chi connectivity index (χ2n) is 8.55. The molecule has 10 nitrogen and oxygen atoms in total. The van der Waals surface area contributed by atoms with Gasteiger partial charge in [-0.1, -0.05) is 12.8 Å². The predicted molar refractivity (Wildman–Crippen MR) is 122 cm³/mol. The van der Waals surface area contributed by atoms with Gasteiger partial charge in [0.05, 0.1) is 30.8 Å². The Morgan fingerprint density at radius 2 is 2.00 bits per heavy atom. The van der Waals surface area contributed by atoms with E-state index in [4.69, 9.17) is 10.5 Å².